The molecule has 0 atom stereocenters. The van der Waals surface area contributed by atoms with Gasteiger partial charge in [-0.2, -0.15) is 0 Å². The van der Waals surface area contributed by atoms with Crippen LogP contribution in [0.2, 0.25) is 5.02 Å². The Morgan fingerprint density at radius 2 is 2.00 bits per heavy atom. The molecule has 2 aromatic carbocycles. The van der Waals surface area contributed by atoms with Crippen LogP contribution < -0.4 is 10.6 Å². The molecule has 1 fully saturated rings. The molecule has 0 unspecified atom stereocenters. The van der Waals surface area contributed by atoms with Gasteiger partial charge in [-0.3, -0.25) is 9.59 Å². The maximum absolute atomic E-state index is 13.8. The van der Waals surface area contributed by atoms with E-state index in [9.17, 15) is 14.0 Å². The molecule has 8 heteroatoms. The molecule has 2 aliphatic rings. The quantitative estimate of drug-likeness (QED) is 0.419. The normalized spacial score (nSPS) is 16.5. The average Bonchev–Trinajstić information content (AvgIpc) is 3.55. The van der Waals surface area contributed by atoms with Gasteiger partial charge in [0.05, 0.1) is 21.9 Å². The van der Waals surface area contributed by atoms with Crippen molar-refractivity contribution in [1.29, 1.82) is 0 Å². The van der Waals surface area contributed by atoms with Crippen molar-refractivity contribution in [3.63, 3.8) is 0 Å². The molecule has 180 valence electrons. The number of benzene rings is 2. The highest BCUT2D eigenvalue weighted by Crippen LogP contribution is 2.41. The first kappa shape index (κ1) is 23.3. The monoisotopic (exact) mass is 492 g/mol. The zero-order valence-electron chi connectivity index (χ0n) is 19.4. The predicted octanol–water partition coefficient (Wildman–Crippen LogP) is 5.10. The number of likely N-dealkylation sites (tertiary alicyclic amines) is 1. The maximum atomic E-state index is 13.8. The van der Waals surface area contributed by atoms with Crippen LogP contribution in [0.15, 0.2) is 42.5 Å². The number of carbonyl (C=O) groups excluding carboxylic acids is 2. The molecule has 2 amide bonds. The average molecular weight is 493 g/mol. The van der Waals surface area contributed by atoms with Crippen LogP contribution in [0.4, 0.5) is 10.1 Å². The van der Waals surface area contributed by atoms with Crippen molar-refractivity contribution < 1.29 is 14.0 Å². The number of anilines is 1. The molecule has 0 aliphatic carbocycles. The van der Waals surface area contributed by atoms with Crippen LogP contribution in [0, 0.1) is 12.7 Å². The van der Waals surface area contributed by atoms with Crippen LogP contribution in [-0.4, -0.2) is 47.9 Å². The molecule has 5 rings (SSSR count). The number of aromatic amines is 1. The highest BCUT2D eigenvalue weighted by atomic mass is 35.5. The fourth-order valence-electron chi connectivity index (χ4n) is 4.78. The van der Waals surface area contributed by atoms with Crippen LogP contribution in [0.1, 0.15) is 40.2 Å². The predicted molar refractivity (Wildman–Crippen MR) is 137 cm³/mol. The zero-order valence-corrected chi connectivity index (χ0v) is 20.1. The van der Waals surface area contributed by atoms with Gasteiger partial charge in [-0.1, -0.05) is 29.8 Å². The van der Waals surface area contributed by atoms with Gasteiger partial charge in [-0.15, -0.1) is 0 Å². The van der Waals surface area contributed by atoms with Crippen LogP contribution in [-0.2, 0) is 4.79 Å². The van der Waals surface area contributed by atoms with Crippen molar-refractivity contribution in [2.75, 3.05) is 31.5 Å². The number of amides is 2. The third-order valence-corrected chi connectivity index (χ3v) is 6.78. The standard InChI is InChI=1S/C27H26ClFN4O2/c1-16-13-19(26(34)30-9-12-33-10-2-3-11-33)24(31-16)15-20-25-18(5-4-6-23(25)32-27(20)35)17-7-8-22(29)21(28)14-17/h4-8,13-15,31H,2-3,9-12H2,1H3,(H,30,34)(H,32,35)/b20-15-. The summed E-state index contributed by atoms with van der Waals surface area (Å²) in [6, 6.07) is 11.8. The van der Waals surface area contributed by atoms with E-state index in [2.05, 4.69) is 20.5 Å². The van der Waals surface area contributed by atoms with E-state index < -0.39 is 5.82 Å². The molecule has 0 radical (unpaired) electrons. The number of aromatic nitrogens is 1. The second-order valence-electron chi connectivity index (χ2n) is 8.95. The van der Waals surface area contributed by atoms with E-state index in [4.69, 9.17) is 11.6 Å². The number of nitrogens with zero attached hydrogens (tertiary/aromatic N) is 1. The molecule has 0 bridgehead atoms. The second kappa shape index (κ2) is 9.68. The van der Waals surface area contributed by atoms with Crippen LogP contribution >= 0.6 is 11.6 Å². The van der Waals surface area contributed by atoms with Gasteiger partial charge in [-0.05, 0) is 74.3 Å². The summed E-state index contributed by atoms with van der Waals surface area (Å²) in [5.41, 5.74) is 5.06. The summed E-state index contributed by atoms with van der Waals surface area (Å²) in [4.78, 5) is 31.5. The van der Waals surface area contributed by atoms with Gasteiger partial charge in [0.15, 0.2) is 0 Å². The number of H-pyrrole nitrogens is 1. The molecule has 1 aromatic heterocycles. The first-order chi connectivity index (χ1) is 16.9. The lowest BCUT2D eigenvalue weighted by atomic mass is 9.94. The number of hydrogen-bond acceptors (Lipinski definition) is 3. The Labute approximate surface area is 208 Å². The molecule has 1 saturated heterocycles. The van der Waals surface area contributed by atoms with Crippen molar-refractivity contribution in [3.05, 3.63) is 75.8 Å². The van der Waals surface area contributed by atoms with E-state index in [0.717, 1.165) is 30.9 Å². The Morgan fingerprint density at radius 1 is 1.20 bits per heavy atom. The molecule has 3 N–H and O–H groups in total. The Bertz CT molecular complexity index is 1340. The number of rotatable bonds is 6. The summed E-state index contributed by atoms with van der Waals surface area (Å²) in [5, 5.41) is 5.90. The molecule has 0 spiro atoms. The van der Waals surface area contributed by atoms with Crippen molar-refractivity contribution in [1.82, 2.24) is 15.2 Å². The third kappa shape index (κ3) is 4.74. The Morgan fingerprint density at radius 3 is 2.77 bits per heavy atom. The van der Waals surface area contributed by atoms with Crippen LogP contribution in [0.5, 0.6) is 0 Å². The Balaban J connectivity index is 1.47. The molecule has 3 aromatic rings. The van der Waals surface area contributed by atoms with Crippen LogP contribution in [0.25, 0.3) is 22.8 Å². The van der Waals surface area contributed by atoms with Gasteiger partial charge < -0.3 is 20.5 Å². The number of halogens is 2. The highest BCUT2D eigenvalue weighted by molar-refractivity contribution is 6.36. The fraction of sp³-hybridized carbons (Fsp3) is 0.259. The number of carbonyl (C=O) groups is 2. The fourth-order valence-corrected chi connectivity index (χ4v) is 4.96. The summed E-state index contributed by atoms with van der Waals surface area (Å²) < 4.78 is 13.8. The Kier molecular flexibility index (Phi) is 6.45. The minimum absolute atomic E-state index is 0.01000. The smallest absolute Gasteiger partial charge is 0.256 e. The molecule has 2 aliphatic heterocycles. The van der Waals surface area contributed by atoms with E-state index in [1.54, 1.807) is 24.3 Å². The van der Waals surface area contributed by atoms with Gasteiger partial charge in [0, 0.05) is 30.0 Å². The maximum Gasteiger partial charge on any atom is 0.256 e. The zero-order chi connectivity index (χ0) is 24.5. The van der Waals surface area contributed by atoms with Gasteiger partial charge in [0.2, 0.25) is 0 Å². The van der Waals surface area contributed by atoms with Gasteiger partial charge in [-0.25, -0.2) is 4.39 Å². The lowest BCUT2D eigenvalue weighted by Gasteiger charge is -2.14. The summed E-state index contributed by atoms with van der Waals surface area (Å²) in [6.45, 7) is 5.42. The number of hydrogen-bond donors (Lipinski definition) is 3. The largest absolute Gasteiger partial charge is 0.358 e. The number of nitrogens with one attached hydrogen (secondary N) is 3. The van der Waals surface area contributed by atoms with E-state index in [0.29, 0.717) is 40.2 Å². The van der Waals surface area contributed by atoms with E-state index in [-0.39, 0.29) is 16.8 Å². The van der Waals surface area contributed by atoms with Crippen molar-refractivity contribution in [3.8, 4) is 11.1 Å². The first-order valence-electron chi connectivity index (χ1n) is 11.7. The Hall–Kier alpha value is -3.42. The van der Waals surface area contributed by atoms with Crippen molar-refractivity contribution in [2.24, 2.45) is 0 Å². The molecule has 35 heavy (non-hydrogen) atoms. The van der Waals surface area contributed by atoms with Gasteiger partial charge in [0.1, 0.15) is 5.82 Å². The summed E-state index contributed by atoms with van der Waals surface area (Å²) in [5.74, 6) is -0.957. The summed E-state index contributed by atoms with van der Waals surface area (Å²) in [6.07, 6.45) is 4.12. The number of fused-ring (bicyclic) bond motifs is 1. The summed E-state index contributed by atoms with van der Waals surface area (Å²) >= 11 is 6.03. The van der Waals surface area contributed by atoms with Gasteiger partial charge in [0.25, 0.3) is 11.8 Å². The molecular formula is C27H26ClFN4O2. The molecular weight excluding hydrogens is 467 g/mol. The lowest BCUT2D eigenvalue weighted by molar-refractivity contribution is -0.110. The first-order valence-corrected chi connectivity index (χ1v) is 12.1. The SMILES string of the molecule is Cc1cc(C(=O)NCCN2CCCC2)c(/C=C2\C(=O)Nc3cccc(-c4ccc(F)c(Cl)c4)c32)[nH]1. The minimum atomic E-state index is -0.504. The topological polar surface area (TPSA) is 77.2 Å². The van der Waals surface area contributed by atoms with E-state index in [1.165, 1.54) is 18.9 Å². The van der Waals surface area contributed by atoms with Crippen LogP contribution in [0.3, 0.4) is 0 Å². The van der Waals surface area contributed by atoms with E-state index >= 15 is 0 Å². The minimum Gasteiger partial charge on any atom is -0.358 e. The van der Waals surface area contributed by atoms with Gasteiger partial charge >= 0.3 is 0 Å². The van der Waals surface area contributed by atoms with E-state index in [1.807, 2.05) is 25.1 Å². The molecule has 6 nitrogen and oxygen atoms in total. The lowest BCUT2D eigenvalue weighted by Crippen LogP contribution is -2.33. The highest BCUT2D eigenvalue weighted by Gasteiger charge is 2.28. The molecule has 0 saturated carbocycles. The van der Waals surface area contributed by atoms with Crippen molar-refractivity contribution >= 4 is 40.8 Å². The third-order valence-electron chi connectivity index (χ3n) is 6.49. The molecule has 3 heterocycles. The van der Waals surface area contributed by atoms with Crippen molar-refractivity contribution in [2.45, 2.75) is 19.8 Å². The number of aryl methyl sites for hydroxylation is 1. The summed E-state index contributed by atoms with van der Waals surface area (Å²) in [7, 11) is 0. The second-order valence-corrected chi connectivity index (χ2v) is 9.36.